The maximum atomic E-state index is 12.1. The van der Waals surface area contributed by atoms with E-state index in [0.717, 1.165) is 30.6 Å². The van der Waals surface area contributed by atoms with Crippen LogP contribution in [0.15, 0.2) is 23.1 Å². The summed E-state index contributed by atoms with van der Waals surface area (Å²) in [4.78, 5) is 48.3. The number of ether oxygens (including phenoxy) is 1. The molecular formula is C19H23N3O5S. The normalized spacial score (nSPS) is 21.1. The van der Waals surface area contributed by atoms with Crippen LogP contribution < -0.4 is 16.0 Å². The van der Waals surface area contributed by atoms with Crippen LogP contribution in [-0.2, 0) is 14.3 Å². The number of imide groups is 1. The lowest BCUT2D eigenvalue weighted by atomic mass is 9.86. The van der Waals surface area contributed by atoms with Gasteiger partial charge in [0.1, 0.15) is 0 Å². The number of urea groups is 1. The minimum atomic E-state index is -0.705. The third kappa shape index (κ3) is 5.25. The number of carbonyl (C=O) groups is 4. The van der Waals surface area contributed by atoms with E-state index in [0.29, 0.717) is 17.4 Å². The van der Waals surface area contributed by atoms with Crippen LogP contribution in [0.5, 0.6) is 0 Å². The molecule has 0 saturated heterocycles. The molecule has 3 rings (SSSR count). The molecular weight excluding hydrogens is 382 g/mol. The van der Waals surface area contributed by atoms with Crippen LogP contribution in [0, 0.1) is 5.92 Å². The molecule has 28 heavy (non-hydrogen) atoms. The molecule has 1 aromatic rings. The fourth-order valence-electron chi connectivity index (χ4n) is 3.32. The van der Waals surface area contributed by atoms with Gasteiger partial charge in [0.05, 0.1) is 17.0 Å². The molecule has 2 unspecified atom stereocenters. The van der Waals surface area contributed by atoms with E-state index in [2.05, 4.69) is 22.9 Å². The summed E-state index contributed by atoms with van der Waals surface area (Å²) in [5.74, 6) is -0.838. The number of rotatable bonds is 4. The van der Waals surface area contributed by atoms with E-state index in [-0.39, 0.29) is 17.5 Å². The van der Waals surface area contributed by atoms with E-state index in [1.54, 1.807) is 12.1 Å². The van der Waals surface area contributed by atoms with Gasteiger partial charge in [0.25, 0.3) is 5.91 Å². The summed E-state index contributed by atoms with van der Waals surface area (Å²) in [6.45, 7) is 1.51. The summed E-state index contributed by atoms with van der Waals surface area (Å²) in [5.41, 5.74) is 0.760. The smallest absolute Gasteiger partial charge is 0.338 e. The monoisotopic (exact) mass is 405 g/mol. The summed E-state index contributed by atoms with van der Waals surface area (Å²) in [6.07, 6.45) is 4.16. The van der Waals surface area contributed by atoms with Crippen LogP contribution in [0.3, 0.4) is 0 Å². The van der Waals surface area contributed by atoms with Crippen LogP contribution in [0.2, 0.25) is 0 Å². The first kappa shape index (κ1) is 20.2. The van der Waals surface area contributed by atoms with Gasteiger partial charge in [-0.15, -0.1) is 11.8 Å². The summed E-state index contributed by atoms with van der Waals surface area (Å²) in [6, 6.07) is 4.27. The van der Waals surface area contributed by atoms with Crippen molar-refractivity contribution in [1.29, 1.82) is 0 Å². The molecule has 1 aromatic carbocycles. The van der Waals surface area contributed by atoms with Crippen molar-refractivity contribution >= 4 is 41.3 Å². The van der Waals surface area contributed by atoms with Crippen molar-refractivity contribution in [1.82, 2.24) is 10.6 Å². The lowest BCUT2D eigenvalue weighted by Crippen LogP contribution is -2.48. The first-order valence-electron chi connectivity index (χ1n) is 9.26. The molecule has 9 heteroatoms. The van der Waals surface area contributed by atoms with Crippen LogP contribution in [0.25, 0.3) is 0 Å². The molecule has 2 atom stereocenters. The lowest BCUT2D eigenvalue weighted by molar-refractivity contribution is -0.123. The predicted molar refractivity (Wildman–Crippen MR) is 104 cm³/mol. The molecule has 8 nitrogen and oxygen atoms in total. The Kier molecular flexibility index (Phi) is 6.56. The zero-order valence-electron chi connectivity index (χ0n) is 15.6. The molecule has 0 radical (unpaired) electrons. The highest BCUT2D eigenvalue weighted by Gasteiger charge is 2.24. The van der Waals surface area contributed by atoms with Crippen LogP contribution in [-0.4, -0.2) is 42.2 Å². The number of fused-ring (bicyclic) bond motifs is 1. The van der Waals surface area contributed by atoms with Gasteiger partial charge in [-0.3, -0.25) is 14.9 Å². The molecule has 2 aliphatic rings. The second-order valence-electron chi connectivity index (χ2n) is 7.01. The third-order valence-electron chi connectivity index (χ3n) is 4.86. The van der Waals surface area contributed by atoms with Gasteiger partial charge in [-0.1, -0.05) is 19.8 Å². The Labute approximate surface area is 167 Å². The van der Waals surface area contributed by atoms with Crippen molar-refractivity contribution < 1.29 is 23.9 Å². The Morgan fingerprint density at radius 1 is 1.25 bits per heavy atom. The zero-order valence-corrected chi connectivity index (χ0v) is 16.4. The van der Waals surface area contributed by atoms with Crippen molar-refractivity contribution in [2.45, 2.75) is 43.5 Å². The maximum Gasteiger partial charge on any atom is 0.338 e. The number of anilines is 1. The summed E-state index contributed by atoms with van der Waals surface area (Å²) < 4.78 is 4.97. The fraction of sp³-hybridized carbons (Fsp3) is 0.474. The molecule has 1 aliphatic heterocycles. The van der Waals surface area contributed by atoms with E-state index in [9.17, 15) is 19.2 Å². The zero-order chi connectivity index (χ0) is 20.1. The molecule has 3 N–H and O–H groups in total. The number of thioether (sulfide) groups is 1. The summed E-state index contributed by atoms with van der Waals surface area (Å²) in [7, 11) is 0. The molecule has 0 spiro atoms. The van der Waals surface area contributed by atoms with Crippen molar-refractivity contribution in [2.24, 2.45) is 5.92 Å². The standard InChI is InChI=1S/C19H23N3O5S/c1-11-4-2-3-5-13(11)21-19(26)22-16(23)9-27-18(25)12-6-7-15-14(8-12)20-17(24)10-28-15/h6-8,11,13H,2-5,9-10H2,1H3,(H,20,24)(H2,21,22,23,26). The predicted octanol–water partition coefficient (Wildman–Crippen LogP) is 2.29. The van der Waals surface area contributed by atoms with E-state index >= 15 is 0 Å². The highest BCUT2D eigenvalue weighted by molar-refractivity contribution is 8.00. The van der Waals surface area contributed by atoms with Gasteiger partial charge in [0, 0.05) is 10.9 Å². The second-order valence-corrected chi connectivity index (χ2v) is 8.03. The van der Waals surface area contributed by atoms with Crippen molar-refractivity contribution in [3.8, 4) is 0 Å². The van der Waals surface area contributed by atoms with Gasteiger partial charge in [0.2, 0.25) is 5.91 Å². The molecule has 1 fully saturated rings. The first-order valence-corrected chi connectivity index (χ1v) is 10.2. The number of nitrogens with one attached hydrogen (secondary N) is 3. The Bertz CT molecular complexity index is 798. The topological polar surface area (TPSA) is 114 Å². The van der Waals surface area contributed by atoms with Gasteiger partial charge in [-0.05, 0) is 37.0 Å². The second kappa shape index (κ2) is 9.09. The number of hydrogen-bond donors (Lipinski definition) is 3. The van der Waals surface area contributed by atoms with E-state index in [4.69, 9.17) is 4.74 Å². The van der Waals surface area contributed by atoms with Gasteiger partial charge >= 0.3 is 12.0 Å². The van der Waals surface area contributed by atoms with Crippen LogP contribution >= 0.6 is 11.8 Å². The van der Waals surface area contributed by atoms with E-state index < -0.39 is 24.5 Å². The number of hydrogen-bond acceptors (Lipinski definition) is 6. The van der Waals surface area contributed by atoms with Crippen LogP contribution in [0.4, 0.5) is 10.5 Å². The maximum absolute atomic E-state index is 12.1. The van der Waals surface area contributed by atoms with E-state index in [1.165, 1.54) is 17.8 Å². The Morgan fingerprint density at radius 2 is 2.04 bits per heavy atom. The minimum absolute atomic E-state index is 0.0488. The number of carbonyl (C=O) groups excluding carboxylic acids is 4. The minimum Gasteiger partial charge on any atom is -0.452 e. The molecule has 0 bridgehead atoms. The highest BCUT2D eigenvalue weighted by Crippen LogP contribution is 2.32. The molecule has 150 valence electrons. The van der Waals surface area contributed by atoms with Crippen molar-refractivity contribution in [3.05, 3.63) is 23.8 Å². The Balaban J connectivity index is 1.46. The van der Waals surface area contributed by atoms with E-state index in [1.807, 2.05) is 0 Å². The summed E-state index contributed by atoms with van der Waals surface area (Å²) in [5, 5.41) is 7.68. The molecule has 1 heterocycles. The molecule has 0 aromatic heterocycles. The Hall–Kier alpha value is -2.55. The fourth-order valence-corrected chi connectivity index (χ4v) is 4.11. The SMILES string of the molecule is CC1CCCCC1NC(=O)NC(=O)COC(=O)c1ccc2c(c1)NC(=O)CS2. The van der Waals surface area contributed by atoms with Crippen LogP contribution in [0.1, 0.15) is 43.0 Å². The number of benzene rings is 1. The molecule has 4 amide bonds. The largest absolute Gasteiger partial charge is 0.452 e. The highest BCUT2D eigenvalue weighted by atomic mass is 32.2. The van der Waals surface area contributed by atoms with Gasteiger partial charge < -0.3 is 15.4 Å². The number of amides is 4. The Morgan fingerprint density at radius 3 is 2.82 bits per heavy atom. The molecule has 1 saturated carbocycles. The lowest BCUT2D eigenvalue weighted by Gasteiger charge is -2.29. The third-order valence-corrected chi connectivity index (χ3v) is 5.94. The summed E-state index contributed by atoms with van der Waals surface area (Å²) >= 11 is 1.38. The average Bonchev–Trinajstić information content (AvgIpc) is 2.67. The van der Waals surface area contributed by atoms with Gasteiger partial charge in [-0.2, -0.15) is 0 Å². The number of esters is 1. The van der Waals surface area contributed by atoms with Gasteiger partial charge in [-0.25, -0.2) is 9.59 Å². The van der Waals surface area contributed by atoms with Crippen molar-refractivity contribution in [2.75, 3.05) is 17.7 Å². The molecule has 1 aliphatic carbocycles. The quantitative estimate of drug-likeness (QED) is 0.663. The first-order chi connectivity index (χ1) is 13.4. The van der Waals surface area contributed by atoms with Crippen molar-refractivity contribution in [3.63, 3.8) is 0 Å². The van der Waals surface area contributed by atoms with Gasteiger partial charge in [0.15, 0.2) is 6.61 Å². The average molecular weight is 405 g/mol.